The Balaban J connectivity index is 1.96. The van der Waals surface area contributed by atoms with Gasteiger partial charge >= 0.3 is 0 Å². The SMILES string of the molecule is CCNC(=NCc1ccc(C#N)cc1F)NCCc1ccccc1F. The number of benzene rings is 2. The van der Waals surface area contributed by atoms with Crippen molar-refractivity contribution in [3.8, 4) is 6.07 Å². The summed E-state index contributed by atoms with van der Waals surface area (Å²) in [4.78, 5) is 4.33. The molecule has 130 valence electrons. The molecule has 0 aliphatic carbocycles. The molecule has 0 amide bonds. The van der Waals surface area contributed by atoms with E-state index in [0.717, 1.165) is 0 Å². The van der Waals surface area contributed by atoms with Gasteiger partial charge in [-0.1, -0.05) is 24.3 Å². The van der Waals surface area contributed by atoms with E-state index in [4.69, 9.17) is 5.26 Å². The van der Waals surface area contributed by atoms with Crippen molar-refractivity contribution in [1.82, 2.24) is 10.6 Å². The summed E-state index contributed by atoms with van der Waals surface area (Å²) in [5.41, 5.74) is 1.31. The quantitative estimate of drug-likeness (QED) is 0.626. The molecule has 0 fully saturated rings. The monoisotopic (exact) mass is 342 g/mol. The summed E-state index contributed by atoms with van der Waals surface area (Å²) >= 11 is 0. The van der Waals surface area contributed by atoms with Gasteiger partial charge in [0.05, 0.1) is 18.2 Å². The summed E-state index contributed by atoms with van der Waals surface area (Å²) in [5.74, 6) is -0.154. The van der Waals surface area contributed by atoms with Gasteiger partial charge in [0.1, 0.15) is 11.6 Å². The average molecular weight is 342 g/mol. The number of hydrogen-bond acceptors (Lipinski definition) is 2. The average Bonchev–Trinajstić information content (AvgIpc) is 2.62. The van der Waals surface area contributed by atoms with Crippen LogP contribution in [0.2, 0.25) is 0 Å². The maximum absolute atomic E-state index is 13.9. The van der Waals surface area contributed by atoms with Gasteiger partial charge in [-0.2, -0.15) is 5.26 Å². The van der Waals surface area contributed by atoms with Gasteiger partial charge < -0.3 is 10.6 Å². The highest BCUT2D eigenvalue weighted by molar-refractivity contribution is 5.79. The molecule has 2 rings (SSSR count). The third-order valence-electron chi connectivity index (χ3n) is 3.58. The largest absolute Gasteiger partial charge is 0.357 e. The second-order valence-electron chi connectivity index (χ2n) is 5.38. The lowest BCUT2D eigenvalue weighted by atomic mass is 10.1. The minimum Gasteiger partial charge on any atom is -0.357 e. The Morgan fingerprint density at radius 2 is 1.88 bits per heavy atom. The van der Waals surface area contributed by atoms with Crippen LogP contribution in [0.15, 0.2) is 47.5 Å². The first kappa shape index (κ1) is 18.4. The molecule has 0 atom stereocenters. The topological polar surface area (TPSA) is 60.2 Å². The Bertz CT molecular complexity index is 781. The number of halogens is 2. The highest BCUT2D eigenvalue weighted by Crippen LogP contribution is 2.11. The molecule has 0 aliphatic rings. The minimum absolute atomic E-state index is 0.145. The zero-order chi connectivity index (χ0) is 18.1. The molecule has 0 aromatic heterocycles. The lowest BCUT2D eigenvalue weighted by Gasteiger charge is -2.12. The van der Waals surface area contributed by atoms with Crippen molar-refractivity contribution in [2.24, 2.45) is 4.99 Å². The summed E-state index contributed by atoms with van der Waals surface area (Å²) in [7, 11) is 0. The van der Waals surface area contributed by atoms with E-state index in [2.05, 4.69) is 15.6 Å². The van der Waals surface area contributed by atoms with Gasteiger partial charge in [0.15, 0.2) is 5.96 Å². The summed E-state index contributed by atoms with van der Waals surface area (Å²) in [6, 6.07) is 12.8. The van der Waals surface area contributed by atoms with E-state index in [-0.39, 0.29) is 17.9 Å². The van der Waals surface area contributed by atoms with Crippen LogP contribution >= 0.6 is 0 Å². The van der Waals surface area contributed by atoms with Crippen molar-refractivity contribution in [2.75, 3.05) is 13.1 Å². The van der Waals surface area contributed by atoms with Crippen LogP contribution in [0.25, 0.3) is 0 Å². The third-order valence-corrected chi connectivity index (χ3v) is 3.58. The van der Waals surface area contributed by atoms with E-state index in [1.807, 2.05) is 13.0 Å². The van der Waals surface area contributed by atoms with E-state index < -0.39 is 5.82 Å². The van der Waals surface area contributed by atoms with Crippen LogP contribution in [0.3, 0.4) is 0 Å². The first-order chi connectivity index (χ1) is 12.1. The lowest BCUT2D eigenvalue weighted by Crippen LogP contribution is -2.38. The van der Waals surface area contributed by atoms with Crippen molar-refractivity contribution in [1.29, 1.82) is 5.26 Å². The Kier molecular flexibility index (Phi) is 6.90. The molecule has 0 spiro atoms. The Morgan fingerprint density at radius 1 is 1.08 bits per heavy atom. The Labute approximate surface area is 146 Å². The molecule has 0 unspecified atom stereocenters. The molecular weight excluding hydrogens is 322 g/mol. The summed E-state index contributed by atoms with van der Waals surface area (Å²) in [6.45, 7) is 3.23. The number of guanidine groups is 1. The van der Waals surface area contributed by atoms with Crippen molar-refractivity contribution in [3.63, 3.8) is 0 Å². The zero-order valence-electron chi connectivity index (χ0n) is 14.0. The van der Waals surface area contributed by atoms with Crippen LogP contribution < -0.4 is 10.6 Å². The normalized spacial score (nSPS) is 11.0. The molecule has 4 nitrogen and oxygen atoms in total. The molecule has 0 aliphatic heterocycles. The van der Waals surface area contributed by atoms with Crippen LogP contribution in [-0.2, 0) is 13.0 Å². The minimum atomic E-state index is -0.454. The maximum atomic E-state index is 13.9. The fraction of sp³-hybridized carbons (Fsp3) is 0.263. The van der Waals surface area contributed by atoms with Crippen LogP contribution in [0.4, 0.5) is 8.78 Å². The standard InChI is InChI=1S/C19H20F2N4/c1-2-23-19(24-10-9-15-5-3-4-6-17(15)20)25-13-16-8-7-14(12-22)11-18(16)21/h3-8,11H,2,9-10,13H2,1H3,(H2,23,24,25). The molecule has 0 saturated carbocycles. The highest BCUT2D eigenvalue weighted by Gasteiger charge is 2.05. The second kappa shape index (κ2) is 9.38. The second-order valence-corrected chi connectivity index (χ2v) is 5.38. The molecule has 0 saturated heterocycles. The molecule has 6 heteroatoms. The van der Waals surface area contributed by atoms with Crippen molar-refractivity contribution >= 4 is 5.96 Å². The zero-order valence-corrected chi connectivity index (χ0v) is 14.0. The Hall–Kier alpha value is -2.94. The van der Waals surface area contributed by atoms with Gasteiger partial charge in [0, 0.05) is 18.7 Å². The first-order valence-electron chi connectivity index (χ1n) is 8.08. The molecular formula is C19H20F2N4. The molecule has 2 aromatic carbocycles. The van der Waals surface area contributed by atoms with Crippen molar-refractivity contribution in [3.05, 3.63) is 70.8 Å². The Morgan fingerprint density at radius 3 is 2.56 bits per heavy atom. The summed E-state index contributed by atoms with van der Waals surface area (Å²) in [6.07, 6.45) is 0.516. The maximum Gasteiger partial charge on any atom is 0.191 e. The van der Waals surface area contributed by atoms with E-state index >= 15 is 0 Å². The van der Waals surface area contributed by atoms with Gasteiger partial charge in [-0.25, -0.2) is 13.8 Å². The summed E-state index contributed by atoms with van der Waals surface area (Å²) < 4.78 is 27.5. The fourth-order valence-electron chi connectivity index (χ4n) is 2.27. The van der Waals surface area contributed by atoms with E-state index in [1.54, 1.807) is 30.3 Å². The smallest absolute Gasteiger partial charge is 0.191 e. The molecule has 2 N–H and O–H groups in total. The van der Waals surface area contributed by atoms with Crippen LogP contribution in [0, 0.1) is 23.0 Å². The van der Waals surface area contributed by atoms with Crippen LogP contribution in [0.1, 0.15) is 23.6 Å². The van der Waals surface area contributed by atoms with Crippen LogP contribution in [-0.4, -0.2) is 19.0 Å². The summed E-state index contributed by atoms with van der Waals surface area (Å²) in [5, 5.41) is 14.9. The van der Waals surface area contributed by atoms with Gasteiger partial charge in [0.25, 0.3) is 0 Å². The predicted molar refractivity (Wildman–Crippen MR) is 94.0 cm³/mol. The van der Waals surface area contributed by atoms with Gasteiger partial charge in [-0.05, 0) is 37.1 Å². The number of rotatable bonds is 6. The third kappa shape index (κ3) is 5.57. The lowest BCUT2D eigenvalue weighted by molar-refractivity contribution is 0.605. The van der Waals surface area contributed by atoms with Crippen molar-refractivity contribution in [2.45, 2.75) is 19.9 Å². The van der Waals surface area contributed by atoms with Crippen molar-refractivity contribution < 1.29 is 8.78 Å². The first-order valence-corrected chi connectivity index (χ1v) is 8.08. The van der Waals surface area contributed by atoms with Gasteiger partial charge in [-0.15, -0.1) is 0 Å². The number of aliphatic imine (C=N–C) groups is 1. The number of nitriles is 1. The molecule has 0 heterocycles. The van der Waals surface area contributed by atoms with E-state index in [0.29, 0.717) is 36.6 Å². The van der Waals surface area contributed by atoms with E-state index in [1.165, 1.54) is 12.1 Å². The number of hydrogen-bond donors (Lipinski definition) is 2. The molecule has 0 radical (unpaired) electrons. The molecule has 25 heavy (non-hydrogen) atoms. The molecule has 0 bridgehead atoms. The predicted octanol–water partition coefficient (Wildman–Crippen LogP) is 3.13. The van der Waals surface area contributed by atoms with Gasteiger partial charge in [-0.3, -0.25) is 0 Å². The van der Waals surface area contributed by atoms with Crippen LogP contribution in [0.5, 0.6) is 0 Å². The van der Waals surface area contributed by atoms with E-state index in [9.17, 15) is 8.78 Å². The number of nitrogens with zero attached hydrogens (tertiary/aromatic N) is 2. The fourth-order valence-corrected chi connectivity index (χ4v) is 2.27. The number of nitrogens with one attached hydrogen (secondary N) is 2. The highest BCUT2D eigenvalue weighted by atomic mass is 19.1. The molecule has 2 aromatic rings. The van der Waals surface area contributed by atoms with Gasteiger partial charge in [0.2, 0.25) is 0 Å².